The molecule has 0 spiro atoms. The Bertz CT molecular complexity index is 869. The molecule has 0 aromatic carbocycles. The van der Waals surface area contributed by atoms with Crippen LogP contribution in [-0.2, 0) is 30.4 Å². The Balaban J connectivity index is 2.96. The van der Waals surface area contributed by atoms with Gasteiger partial charge < -0.3 is 43.2 Å². The van der Waals surface area contributed by atoms with E-state index in [1.165, 1.54) is 24.3 Å². The van der Waals surface area contributed by atoms with Gasteiger partial charge in [0, 0.05) is 18.3 Å². The number of carbonyl (C=O) groups is 5. The average Bonchev–Trinajstić information content (AvgIpc) is 3.33. The van der Waals surface area contributed by atoms with Gasteiger partial charge in [-0.3, -0.25) is 19.2 Å². The molecule has 1 heterocycles. The topological polar surface area (TPSA) is 248 Å². The number of nitrogens with one attached hydrogen (secondary N) is 4. The second-order valence-electron chi connectivity index (χ2n) is 8.15. The van der Waals surface area contributed by atoms with Gasteiger partial charge in [0.15, 0.2) is 0 Å². The van der Waals surface area contributed by atoms with E-state index in [9.17, 15) is 29.1 Å². The van der Waals surface area contributed by atoms with Crippen molar-refractivity contribution in [3.05, 3.63) is 18.2 Å². The van der Waals surface area contributed by atoms with Gasteiger partial charge in [-0.15, -0.1) is 0 Å². The lowest BCUT2D eigenvalue weighted by Gasteiger charge is -2.24. The monoisotopic (exact) mass is 528 g/mol. The van der Waals surface area contributed by atoms with Crippen LogP contribution in [-0.4, -0.2) is 87.4 Å². The molecule has 0 aliphatic heterocycles. The highest BCUT2D eigenvalue weighted by Crippen LogP contribution is 2.06. The Morgan fingerprint density at radius 3 is 2.22 bits per heavy atom. The predicted octanol–water partition coefficient (Wildman–Crippen LogP) is -2.42. The number of carboxylic acid groups (broad SMARTS) is 1. The number of primary amides is 1. The van der Waals surface area contributed by atoms with Crippen LogP contribution in [0.5, 0.6) is 0 Å². The minimum absolute atomic E-state index is 0.107. The van der Waals surface area contributed by atoms with Crippen molar-refractivity contribution in [2.24, 2.45) is 17.2 Å². The number of hydrogen-bond acceptors (Lipinski definition) is 9. The van der Waals surface area contributed by atoms with Gasteiger partial charge in [0.2, 0.25) is 23.6 Å². The molecule has 0 radical (unpaired) electrons. The summed E-state index contributed by atoms with van der Waals surface area (Å²) >= 11 is 1.53. The summed E-state index contributed by atoms with van der Waals surface area (Å²) in [6.07, 6.45) is 5.68. The quantitative estimate of drug-likeness (QED) is 0.0936. The van der Waals surface area contributed by atoms with E-state index in [-0.39, 0.29) is 12.8 Å². The molecule has 11 N–H and O–H groups in total. The number of nitrogens with two attached hydrogens (primary N) is 3. The third kappa shape index (κ3) is 11.5. The summed E-state index contributed by atoms with van der Waals surface area (Å²) in [5.74, 6) is -3.75. The maximum absolute atomic E-state index is 13.0. The van der Waals surface area contributed by atoms with E-state index >= 15 is 0 Å². The molecule has 4 amide bonds. The number of unbranched alkanes of at least 4 members (excludes halogenated alkanes) is 1. The van der Waals surface area contributed by atoms with Crippen LogP contribution in [0.2, 0.25) is 0 Å². The standard InChI is InChI=1S/C21H36N8O6S/c1-36-7-5-13(23)18(31)27-14(4-2-3-6-22)19(32)28-15(9-17(24)30)20(33)29-16(21(34)35)8-12-10-25-11-26-12/h10-11,13-16H,2-9,22-23H2,1H3,(H2,24,30)(H,25,26)(H,27,31)(H,28,32)(H,29,33)(H,34,35). The molecule has 1 rings (SSSR count). The number of aromatic amines is 1. The molecule has 202 valence electrons. The molecular formula is C21H36N8O6S. The largest absolute Gasteiger partial charge is 0.480 e. The van der Waals surface area contributed by atoms with Crippen molar-refractivity contribution < 1.29 is 29.1 Å². The third-order valence-corrected chi connectivity index (χ3v) is 5.83. The van der Waals surface area contributed by atoms with Crippen molar-refractivity contribution in [3.63, 3.8) is 0 Å². The fourth-order valence-electron chi connectivity index (χ4n) is 3.19. The van der Waals surface area contributed by atoms with Crippen LogP contribution < -0.4 is 33.2 Å². The van der Waals surface area contributed by atoms with E-state index < -0.39 is 60.2 Å². The van der Waals surface area contributed by atoms with Crippen LogP contribution >= 0.6 is 11.8 Å². The van der Waals surface area contributed by atoms with Crippen molar-refractivity contribution in [3.8, 4) is 0 Å². The van der Waals surface area contributed by atoms with Gasteiger partial charge in [-0.2, -0.15) is 11.8 Å². The molecule has 0 aliphatic carbocycles. The molecule has 14 nitrogen and oxygen atoms in total. The van der Waals surface area contributed by atoms with E-state index in [1.54, 1.807) is 0 Å². The number of aromatic nitrogens is 2. The number of aliphatic carboxylic acids is 1. The lowest BCUT2D eigenvalue weighted by Crippen LogP contribution is -2.58. The predicted molar refractivity (Wildman–Crippen MR) is 133 cm³/mol. The summed E-state index contributed by atoms with van der Waals surface area (Å²) in [6.45, 7) is 0.384. The molecule has 0 saturated carbocycles. The van der Waals surface area contributed by atoms with Crippen molar-refractivity contribution in [2.75, 3.05) is 18.6 Å². The van der Waals surface area contributed by atoms with Gasteiger partial charge in [-0.1, -0.05) is 0 Å². The fourth-order valence-corrected chi connectivity index (χ4v) is 3.68. The van der Waals surface area contributed by atoms with Crippen LogP contribution in [0.15, 0.2) is 12.5 Å². The Morgan fingerprint density at radius 1 is 1.03 bits per heavy atom. The number of hydrogen-bond donors (Lipinski definition) is 8. The fraction of sp³-hybridized carbons (Fsp3) is 0.619. The molecule has 4 atom stereocenters. The van der Waals surface area contributed by atoms with E-state index in [4.69, 9.17) is 17.2 Å². The lowest BCUT2D eigenvalue weighted by molar-refractivity contribution is -0.142. The summed E-state index contributed by atoms with van der Waals surface area (Å²) in [6, 6.07) is -4.70. The minimum Gasteiger partial charge on any atom is -0.480 e. The summed E-state index contributed by atoms with van der Waals surface area (Å²) in [5, 5.41) is 16.8. The number of imidazole rings is 1. The molecule has 0 bridgehead atoms. The highest BCUT2D eigenvalue weighted by molar-refractivity contribution is 7.98. The first-order valence-corrected chi connectivity index (χ1v) is 12.8. The number of H-pyrrole nitrogens is 1. The highest BCUT2D eigenvalue weighted by Gasteiger charge is 2.31. The molecule has 0 fully saturated rings. The van der Waals surface area contributed by atoms with Gasteiger partial charge in [0.05, 0.1) is 18.8 Å². The van der Waals surface area contributed by atoms with Crippen LogP contribution in [0.4, 0.5) is 0 Å². The van der Waals surface area contributed by atoms with Crippen molar-refractivity contribution in [1.29, 1.82) is 0 Å². The average molecular weight is 529 g/mol. The Hall–Kier alpha value is -3.17. The van der Waals surface area contributed by atoms with Crippen molar-refractivity contribution in [1.82, 2.24) is 25.9 Å². The van der Waals surface area contributed by atoms with Gasteiger partial charge in [-0.25, -0.2) is 9.78 Å². The Morgan fingerprint density at radius 2 is 1.67 bits per heavy atom. The third-order valence-electron chi connectivity index (χ3n) is 5.18. The number of carbonyl (C=O) groups excluding carboxylic acids is 4. The zero-order valence-corrected chi connectivity index (χ0v) is 21.0. The van der Waals surface area contributed by atoms with Crippen LogP contribution in [0.1, 0.15) is 37.8 Å². The normalized spacial score (nSPS) is 14.2. The van der Waals surface area contributed by atoms with E-state index in [0.29, 0.717) is 37.3 Å². The van der Waals surface area contributed by atoms with Crippen LogP contribution in [0.25, 0.3) is 0 Å². The van der Waals surface area contributed by atoms with Crippen LogP contribution in [0.3, 0.4) is 0 Å². The smallest absolute Gasteiger partial charge is 0.326 e. The molecule has 15 heteroatoms. The molecule has 36 heavy (non-hydrogen) atoms. The molecular weight excluding hydrogens is 492 g/mol. The molecule has 1 aromatic rings. The van der Waals surface area contributed by atoms with Gasteiger partial charge in [-0.05, 0) is 44.2 Å². The maximum Gasteiger partial charge on any atom is 0.326 e. The first-order valence-electron chi connectivity index (χ1n) is 11.4. The second-order valence-corrected chi connectivity index (χ2v) is 9.13. The first kappa shape index (κ1) is 30.9. The zero-order chi connectivity index (χ0) is 27.1. The lowest BCUT2D eigenvalue weighted by atomic mass is 10.1. The number of carboxylic acids is 1. The van der Waals surface area contributed by atoms with Gasteiger partial charge in [0.1, 0.15) is 18.1 Å². The minimum atomic E-state index is -1.46. The van der Waals surface area contributed by atoms with Gasteiger partial charge in [0.25, 0.3) is 0 Å². The Kier molecular flexibility index (Phi) is 14.1. The molecule has 0 aliphatic rings. The van der Waals surface area contributed by atoms with Gasteiger partial charge >= 0.3 is 5.97 Å². The zero-order valence-electron chi connectivity index (χ0n) is 20.2. The number of nitrogens with zero attached hydrogens (tertiary/aromatic N) is 1. The van der Waals surface area contributed by atoms with E-state index in [2.05, 4.69) is 25.9 Å². The summed E-state index contributed by atoms with van der Waals surface area (Å²) < 4.78 is 0. The SMILES string of the molecule is CSCCC(N)C(=O)NC(CCCCN)C(=O)NC(CC(N)=O)C(=O)NC(Cc1cnc[nH]1)C(=O)O. The Labute approximate surface area is 213 Å². The summed E-state index contributed by atoms with van der Waals surface area (Å²) in [4.78, 5) is 68.1. The van der Waals surface area contributed by atoms with Crippen molar-refractivity contribution >= 4 is 41.4 Å². The maximum atomic E-state index is 13.0. The molecule has 4 unspecified atom stereocenters. The molecule has 1 aromatic heterocycles. The number of rotatable bonds is 18. The van der Waals surface area contributed by atoms with E-state index in [0.717, 1.165) is 0 Å². The van der Waals surface area contributed by atoms with Crippen molar-refractivity contribution in [2.45, 2.75) is 62.7 Å². The molecule has 0 saturated heterocycles. The van der Waals surface area contributed by atoms with Crippen LogP contribution in [0, 0.1) is 0 Å². The summed E-state index contributed by atoms with van der Waals surface area (Å²) in [5.41, 5.74) is 17.1. The van der Waals surface area contributed by atoms with E-state index in [1.807, 2.05) is 6.26 Å². The summed E-state index contributed by atoms with van der Waals surface area (Å²) in [7, 11) is 0. The second kappa shape index (κ2) is 16.5. The number of thioether (sulfide) groups is 1. The highest BCUT2D eigenvalue weighted by atomic mass is 32.2. The first-order chi connectivity index (χ1) is 17.1. The number of amides is 4.